The van der Waals surface area contributed by atoms with Crippen LogP contribution in [-0.4, -0.2) is 34.6 Å². The van der Waals surface area contributed by atoms with Gasteiger partial charge < -0.3 is 10.6 Å². The second kappa shape index (κ2) is 6.27. The predicted molar refractivity (Wildman–Crippen MR) is 79.5 cm³/mol. The van der Waals surface area contributed by atoms with Crippen LogP contribution in [0.25, 0.3) is 0 Å². The SMILES string of the molecule is CCc1c(NC)ncnc1NC1CCCC1SC. The first-order chi connectivity index (χ1) is 8.80. The van der Waals surface area contributed by atoms with E-state index in [4.69, 9.17) is 0 Å². The Labute approximate surface area is 113 Å². The van der Waals surface area contributed by atoms with Crippen LogP contribution in [-0.2, 0) is 6.42 Å². The van der Waals surface area contributed by atoms with Crippen molar-refractivity contribution in [3.63, 3.8) is 0 Å². The number of rotatable bonds is 5. The summed E-state index contributed by atoms with van der Waals surface area (Å²) < 4.78 is 0. The first-order valence-corrected chi connectivity index (χ1v) is 7.89. The summed E-state index contributed by atoms with van der Waals surface area (Å²) in [6.07, 6.45) is 8.64. The average Bonchev–Trinajstić information content (AvgIpc) is 2.85. The smallest absolute Gasteiger partial charge is 0.134 e. The number of anilines is 2. The van der Waals surface area contributed by atoms with Crippen molar-refractivity contribution in [2.75, 3.05) is 23.9 Å². The van der Waals surface area contributed by atoms with Crippen molar-refractivity contribution in [1.29, 1.82) is 0 Å². The zero-order valence-electron chi connectivity index (χ0n) is 11.4. The second-order valence-electron chi connectivity index (χ2n) is 4.61. The Bertz CT molecular complexity index is 397. The average molecular weight is 266 g/mol. The number of nitrogens with zero attached hydrogens (tertiary/aromatic N) is 2. The fourth-order valence-electron chi connectivity index (χ4n) is 2.64. The topological polar surface area (TPSA) is 49.8 Å². The van der Waals surface area contributed by atoms with Crippen LogP contribution in [0.1, 0.15) is 31.7 Å². The van der Waals surface area contributed by atoms with Crippen molar-refractivity contribution in [3.05, 3.63) is 11.9 Å². The van der Waals surface area contributed by atoms with Gasteiger partial charge in [0.05, 0.1) is 0 Å². The van der Waals surface area contributed by atoms with Gasteiger partial charge in [-0.2, -0.15) is 11.8 Å². The van der Waals surface area contributed by atoms with Gasteiger partial charge in [0.15, 0.2) is 0 Å². The minimum Gasteiger partial charge on any atom is -0.373 e. The molecule has 0 aliphatic heterocycles. The maximum absolute atomic E-state index is 4.42. The van der Waals surface area contributed by atoms with Crippen molar-refractivity contribution in [1.82, 2.24) is 9.97 Å². The van der Waals surface area contributed by atoms with E-state index in [9.17, 15) is 0 Å². The van der Waals surface area contributed by atoms with E-state index in [0.29, 0.717) is 11.3 Å². The summed E-state index contributed by atoms with van der Waals surface area (Å²) in [5.74, 6) is 1.94. The van der Waals surface area contributed by atoms with Crippen molar-refractivity contribution < 1.29 is 0 Å². The Kier molecular flexibility index (Phi) is 4.69. The molecule has 18 heavy (non-hydrogen) atoms. The molecule has 100 valence electrons. The predicted octanol–water partition coefficient (Wildman–Crippen LogP) is 2.78. The third-order valence-electron chi connectivity index (χ3n) is 3.61. The van der Waals surface area contributed by atoms with Gasteiger partial charge in [0.1, 0.15) is 18.0 Å². The molecular formula is C13H22N4S. The molecule has 1 aromatic heterocycles. The van der Waals surface area contributed by atoms with Crippen molar-refractivity contribution in [3.8, 4) is 0 Å². The molecule has 1 heterocycles. The molecule has 1 aliphatic rings. The van der Waals surface area contributed by atoms with Gasteiger partial charge in [-0.15, -0.1) is 0 Å². The van der Waals surface area contributed by atoms with Crippen LogP contribution in [0.5, 0.6) is 0 Å². The zero-order valence-corrected chi connectivity index (χ0v) is 12.2. The molecule has 1 fully saturated rings. The highest BCUT2D eigenvalue weighted by Crippen LogP contribution is 2.31. The maximum Gasteiger partial charge on any atom is 0.134 e. The van der Waals surface area contributed by atoms with Crippen LogP contribution in [0.3, 0.4) is 0 Å². The van der Waals surface area contributed by atoms with Gasteiger partial charge in [0.25, 0.3) is 0 Å². The van der Waals surface area contributed by atoms with E-state index in [1.54, 1.807) is 6.33 Å². The number of aromatic nitrogens is 2. The lowest BCUT2D eigenvalue weighted by atomic mass is 10.2. The van der Waals surface area contributed by atoms with Gasteiger partial charge in [-0.25, -0.2) is 9.97 Å². The molecule has 2 N–H and O–H groups in total. The van der Waals surface area contributed by atoms with Crippen molar-refractivity contribution >= 4 is 23.4 Å². The molecule has 0 bridgehead atoms. The van der Waals surface area contributed by atoms with E-state index in [-0.39, 0.29) is 0 Å². The molecule has 1 aliphatic carbocycles. The highest BCUT2D eigenvalue weighted by Gasteiger charge is 2.27. The summed E-state index contributed by atoms with van der Waals surface area (Å²) in [5, 5.41) is 7.48. The Balaban J connectivity index is 2.18. The van der Waals surface area contributed by atoms with Crippen molar-refractivity contribution in [2.45, 2.75) is 43.9 Å². The van der Waals surface area contributed by atoms with Crippen LogP contribution < -0.4 is 10.6 Å². The Hall–Kier alpha value is -0.970. The van der Waals surface area contributed by atoms with E-state index in [1.807, 2.05) is 18.8 Å². The van der Waals surface area contributed by atoms with Gasteiger partial charge >= 0.3 is 0 Å². The van der Waals surface area contributed by atoms with Crippen LogP contribution >= 0.6 is 11.8 Å². The molecule has 1 aromatic rings. The van der Waals surface area contributed by atoms with Gasteiger partial charge in [0, 0.05) is 23.9 Å². The summed E-state index contributed by atoms with van der Waals surface area (Å²) in [6, 6.07) is 0.546. The number of hydrogen-bond acceptors (Lipinski definition) is 5. The molecule has 0 spiro atoms. The van der Waals surface area contributed by atoms with Crippen molar-refractivity contribution in [2.24, 2.45) is 0 Å². The van der Waals surface area contributed by atoms with E-state index in [2.05, 4.69) is 33.8 Å². The fourth-order valence-corrected chi connectivity index (χ4v) is 3.57. The molecule has 1 saturated carbocycles. The zero-order chi connectivity index (χ0) is 13.0. The summed E-state index contributed by atoms with van der Waals surface area (Å²) in [5.41, 5.74) is 1.19. The molecule has 0 aromatic carbocycles. The minimum atomic E-state index is 0.546. The molecule has 0 amide bonds. The lowest BCUT2D eigenvalue weighted by Gasteiger charge is -2.21. The molecular weight excluding hydrogens is 244 g/mol. The van der Waals surface area contributed by atoms with Crippen LogP contribution in [0.2, 0.25) is 0 Å². The summed E-state index contributed by atoms with van der Waals surface area (Å²) >= 11 is 1.96. The van der Waals surface area contributed by atoms with Gasteiger partial charge in [-0.05, 0) is 25.5 Å². The number of nitrogens with one attached hydrogen (secondary N) is 2. The number of hydrogen-bond donors (Lipinski definition) is 2. The minimum absolute atomic E-state index is 0.546. The molecule has 0 radical (unpaired) electrons. The lowest BCUT2D eigenvalue weighted by Crippen LogP contribution is -2.27. The maximum atomic E-state index is 4.42. The quantitative estimate of drug-likeness (QED) is 0.858. The van der Waals surface area contributed by atoms with Crippen LogP contribution in [0.15, 0.2) is 6.33 Å². The second-order valence-corrected chi connectivity index (χ2v) is 5.69. The molecule has 0 saturated heterocycles. The summed E-state index contributed by atoms with van der Waals surface area (Å²) in [4.78, 5) is 8.69. The lowest BCUT2D eigenvalue weighted by molar-refractivity contribution is 0.759. The monoisotopic (exact) mass is 266 g/mol. The molecule has 2 atom stereocenters. The normalized spacial score (nSPS) is 23.1. The van der Waals surface area contributed by atoms with Gasteiger partial charge in [-0.1, -0.05) is 13.3 Å². The first kappa shape index (κ1) is 13.5. The van der Waals surface area contributed by atoms with E-state index < -0.39 is 0 Å². The molecule has 2 unspecified atom stereocenters. The Morgan fingerprint density at radius 2 is 2.11 bits per heavy atom. The largest absolute Gasteiger partial charge is 0.373 e. The van der Waals surface area contributed by atoms with Crippen LogP contribution in [0.4, 0.5) is 11.6 Å². The Morgan fingerprint density at radius 1 is 1.33 bits per heavy atom. The van der Waals surface area contributed by atoms with E-state index in [0.717, 1.165) is 18.1 Å². The molecule has 5 heteroatoms. The van der Waals surface area contributed by atoms with Gasteiger partial charge in [-0.3, -0.25) is 0 Å². The Morgan fingerprint density at radius 3 is 2.78 bits per heavy atom. The summed E-state index contributed by atoms with van der Waals surface area (Å²) in [7, 11) is 1.91. The fraction of sp³-hybridized carbons (Fsp3) is 0.692. The van der Waals surface area contributed by atoms with Gasteiger partial charge in [0.2, 0.25) is 0 Å². The first-order valence-electron chi connectivity index (χ1n) is 6.61. The number of thioether (sulfide) groups is 1. The van der Waals surface area contributed by atoms with E-state index >= 15 is 0 Å². The standard InChI is InChI=1S/C13H22N4S/c1-4-9-12(14-2)15-8-16-13(9)17-10-6-5-7-11(10)18-3/h8,10-11H,4-7H2,1-3H3,(H2,14,15,16,17). The van der Waals surface area contributed by atoms with Crippen LogP contribution in [0, 0.1) is 0 Å². The molecule has 4 nitrogen and oxygen atoms in total. The highest BCUT2D eigenvalue weighted by molar-refractivity contribution is 7.99. The van der Waals surface area contributed by atoms with E-state index in [1.165, 1.54) is 24.8 Å². The third-order valence-corrected chi connectivity index (χ3v) is 4.78. The third kappa shape index (κ3) is 2.71. The molecule has 2 rings (SSSR count). The summed E-state index contributed by atoms with van der Waals surface area (Å²) in [6.45, 7) is 2.14. The highest BCUT2D eigenvalue weighted by atomic mass is 32.2.